The second-order valence-electron chi connectivity index (χ2n) is 4.35. The topological polar surface area (TPSA) is 85.1 Å². The van der Waals surface area contributed by atoms with Crippen LogP contribution < -0.4 is 0 Å². The van der Waals surface area contributed by atoms with E-state index in [4.69, 9.17) is 5.11 Å². The summed E-state index contributed by atoms with van der Waals surface area (Å²) in [5.74, 6) is -1.29. The minimum Gasteiger partial charge on any atom is -0.476 e. The zero-order valence-corrected chi connectivity index (χ0v) is 10.6. The molecule has 19 heavy (non-hydrogen) atoms. The third-order valence-corrected chi connectivity index (χ3v) is 2.75. The first-order valence-corrected chi connectivity index (χ1v) is 5.71. The van der Waals surface area contributed by atoms with Crippen LogP contribution in [0.25, 0.3) is 0 Å². The zero-order chi connectivity index (χ0) is 14.0. The lowest BCUT2D eigenvalue weighted by Gasteiger charge is -2.05. The van der Waals surface area contributed by atoms with E-state index in [0.29, 0.717) is 5.56 Å². The van der Waals surface area contributed by atoms with Crippen LogP contribution in [0.1, 0.15) is 32.0 Å². The molecule has 1 N–H and O–H groups in total. The highest BCUT2D eigenvalue weighted by Crippen LogP contribution is 2.12. The molecule has 0 aliphatic carbocycles. The molecule has 6 nitrogen and oxygen atoms in total. The molecule has 1 aromatic heterocycles. The number of aromatic nitrogens is 3. The molecular formula is C13H13N3O3. The summed E-state index contributed by atoms with van der Waals surface area (Å²) in [5, 5.41) is 15.8. The van der Waals surface area contributed by atoms with E-state index < -0.39 is 5.97 Å². The molecule has 1 aromatic carbocycles. The fourth-order valence-electron chi connectivity index (χ4n) is 1.83. The van der Waals surface area contributed by atoms with Crippen molar-refractivity contribution in [2.45, 2.75) is 20.4 Å². The van der Waals surface area contributed by atoms with E-state index in [1.165, 1.54) is 10.9 Å². The lowest BCUT2D eigenvalue weighted by Crippen LogP contribution is -2.12. The van der Waals surface area contributed by atoms with Gasteiger partial charge in [-0.15, -0.1) is 5.10 Å². The van der Waals surface area contributed by atoms with Gasteiger partial charge in [0.25, 0.3) is 0 Å². The Balaban J connectivity index is 2.18. The molecule has 0 bridgehead atoms. The molecule has 2 rings (SSSR count). The number of hydrogen-bond donors (Lipinski definition) is 1. The van der Waals surface area contributed by atoms with Crippen LogP contribution in [0, 0.1) is 13.8 Å². The number of carbonyl (C=O) groups is 2. The van der Waals surface area contributed by atoms with E-state index in [0.717, 1.165) is 11.1 Å². The molecule has 0 saturated carbocycles. The molecule has 0 atom stereocenters. The Hall–Kier alpha value is -2.50. The van der Waals surface area contributed by atoms with E-state index in [1.54, 1.807) is 6.07 Å². The number of carboxylic acids is 1. The van der Waals surface area contributed by atoms with Crippen LogP contribution in [-0.2, 0) is 6.54 Å². The molecule has 0 fully saturated rings. The van der Waals surface area contributed by atoms with E-state index in [-0.39, 0.29) is 18.0 Å². The highest BCUT2D eigenvalue weighted by atomic mass is 16.4. The van der Waals surface area contributed by atoms with Gasteiger partial charge in [-0.1, -0.05) is 29.0 Å². The van der Waals surface area contributed by atoms with E-state index in [2.05, 4.69) is 10.3 Å². The van der Waals surface area contributed by atoms with Crippen LogP contribution in [0.15, 0.2) is 24.4 Å². The molecule has 0 aliphatic rings. The smallest absolute Gasteiger partial charge is 0.358 e. The molecule has 0 unspecified atom stereocenters. The Morgan fingerprint density at radius 1 is 1.32 bits per heavy atom. The molecule has 1 heterocycles. The molecule has 0 aliphatic heterocycles. The summed E-state index contributed by atoms with van der Waals surface area (Å²) < 4.78 is 1.23. The summed E-state index contributed by atoms with van der Waals surface area (Å²) in [6.45, 7) is 3.80. The SMILES string of the molecule is Cc1ccc(C(=O)Cn2cc(C(=O)O)nn2)c(C)c1. The second kappa shape index (κ2) is 5.01. The monoisotopic (exact) mass is 259 g/mol. The number of rotatable bonds is 4. The number of aromatic carboxylic acids is 1. The van der Waals surface area contributed by atoms with Crippen LogP contribution in [-0.4, -0.2) is 31.9 Å². The molecule has 6 heteroatoms. The van der Waals surface area contributed by atoms with Crippen LogP contribution in [0.2, 0.25) is 0 Å². The van der Waals surface area contributed by atoms with Crippen molar-refractivity contribution in [3.05, 3.63) is 46.8 Å². The van der Waals surface area contributed by atoms with Crippen molar-refractivity contribution in [2.75, 3.05) is 0 Å². The van der Waals surface area contributed by atoms with Crippen molar-refractivity contribution in [3.63, 3.8) is 0 Å². The average molecular weight is 259 g/mol. The minimum absolute atomic E-state index is 0.0236. The highest BCUT2D eigenvalue weighted by Gasteiger charge is 2.13. The molecule has 98 valence electrons. The number of hydrogen-bond acceptors (Lipinski definition) is 4. The largest absolute Gasteiger partial charge is 0.476 e. The Labute approximate surface area is 109 Å². The Bertz CT molecular complexity index is 646. The standard InChI is InChI=1S/C13H13N3O3/c1-8-3-4-10(9(2)5-8)12(17)7-16-6-11(13(18)19)14-15-16/h3-6H,7H2,1-2H3,(H,18,19). The van der Waals surface area contributed by atoms with E-state index in [9.17, 15) is 9.59 Å². The Morgan fingerprint density at radius 3 is 2.63 bits per heavy atom. The Kier molecular flexibility index (Phi) is 3.41. The summed E-state index contributed by atoms with van der Waals surface area (Å²) in [6, 6.07) is 5.56. The fourth-order valence-corrected chi connectivity index (χ4v) is 1.83. The first-order valence-electron chi connectivity index (χ1n) is 5.71. The molecule has 0 amide bonds. The lowest BCUT2D eigenvalue weighted by molar-refractivity contribution is 0.0690. The van der Waals surface area contributed by atoms with Crippen molar-refractivity contribution >= 4 is 11.8 Å². The first-order chi connectivity index (χ1) is 8.97. The maximum absolute atomic E-state index is 12.1. The van der Waals surface area contributed by atoms with Gasteiger partial charge in [-0.05, 0) is 19.4 Å². The maximum Gasteiger partial charge on any atom is 0.358 e. The van der Waals surface area contributed by atoms with Crippen LogP contribution in [0.5, 0.6) is 0 Å². The second-order valence-corrected chi connectivity index (χ2v) is 4.35. The van der Waals surface area contributed by atoms with Crippen LogP contribution in [0.4, 0.5) is 0 Å². The highest BCUT2D eigenvalue weighted by molar-refractivity contribution is 5.97. The fraction of sp³-hybridized carbons (Fsp3) is 0.231. The summed E-state index contributed by atoms with van der Waals surface area (Å²) in [5.41, 5.74) is 2.41. The third-order valence-electron chi connectivity index (χ3n) is 2.75. The van der Waals surface area contributed by atoms with Gasteiger partial charge < -0.3 is 5.11 Å². The number of carbonyl (C=O) groups excluding carboxylic acids is 1. The summed E-state index contributed by atoms with van der Waals surface area (Å²) >= 11 is 0. The van der Waals surface area contributed by atoms with E-state index >= 15 is 0 Å². The molecule has 2 aromatic rings. The van der Waals surface area contributed by atoms with Gasteiger partial charge in [0.1, 0.15) is 6.54 Å². The number of aryl methyl sites for hydroxylation is 2. The van der Waals surface area contributed by atoms with Gasteiger partial charge in [-0.25, -0.2) is 9.48 Å². The number of ketones is 1. The van der Waals surface area contributed by atoms with Crippen LogP contribution in [0.3, 0.4) is 0 Å². The molecular weight excluding hydrogens is 246 g/mol. The number of Topliss-reactive ketones (excluding diaryl/α,β-unsaturated/α-hetero) is 1. The van der Waals surface area contributed by atoms with Gasteiger partial charge in [0.15, 0.2) is 11.5 Å². The summed E-state index contributed by atoms with van der Waals surface area (Å²) in [4.78, 5) is 22.8. The minimum atomic E-state index is -1.16. The normalized spacial score (nSPS) is 10.4. The molecule has 0 radical (unpaired) electrons. The van der Waals surface area contributed by atoms with Gasteiger partial charge in [0.05, 0.1) is 6.20 Å². The zero-order valence-electron chi connectivity index (χ0n) is 10.6. The average Bonchev–Trinajstić information content (AvgIpc) is 2.77. The van der Waals surface area contributed by atoms with Gasteiger partial charge >= 0.3 is 5.97 Å². The van der Waals surface area contributed by atoms with Gasteiger partial charge in [-0.2, -0.15) is 0 Å². The van der Waals surface area contributed by atoms with E-state index in [1.807, 2.05) is 26.0 Å². The van der Waals surface area contributed by atoms with Crippen molar-refractivity contribution in [1.82, 2.24) is 15.0 Å². The van der Waals surface area contributed by atoms with Crippen molar-refractivity contribution < 1.29 is 14.7 Å². The number of nitrogens with zero attached hydrogens (tertiary/aromatic N) is 3. The molecule has 0 saturated heterocycles. The van der Waals surface area contributed by atoms with Gasteiger partial charge in [0, 0.05) is 5.56 Å². The first kappa shape index (κ1) is 12.9. The summed E-state index contributed by atoms with van der Waals surface area (Å²) in [6.07, 6.45) is 1.24. The maximum atomic E-state index is 12.1. The van der Waals surface area contributed by atoms with Crippen LogP contribution >= 0.6 is 0 Å². The number of benzene rings is 1. The third kappa shape index (κ3) is 2.85. The summed E-state index contributed by atoms with van der Waals surface area (Å²) in [7, 11) is 0. The van der Waals surface area contributed by atoms with Crippen molar-refractivity contribution in [2.24, 2.45) is 0 Å². The predicted molar refractivity (Wildman–Crippen MR) is 67.2 cm³/mol. The predicted octanol–water partition coefficient (Wildman–Crippen LogP) is 1.48. The van der Waals surface area contributed by atoms with Crippen molar-refractivity contribution in [3.8, 4) is 0 Å². The Morgan fingerprint density at radius 2 is 2.05 bits per heavy atom. The number of carboxylic acid groups (broad SMARTS) is 1. The lowest BCUT2D eigenvalue weighted by atomic mass is 10.0. The molecule has 0 spiro atoms. The van der Waals surface area contributed by atoms with Gasteiger partial charge in [-0.3, -0.25) is 4.79 Å². The van der Waals surface area contributed by atoms with Crippen molar-refractivity contribution in [1.29, 1.82) is 0 Å². The van der Waals surface area contributed by atoms with Gasteiger partial charge in [0.2, 0.25) is 0 Å². The quantitative estimate of drug-likeness (QED) is 0.840.